The maximum absolute atomic E-state index is 14.2. The molecule has 4 fully saturated rings. The Morgan fingerprint density at radius 3 is 2.56 bits per heavy atom. The first kappa shape index (κ1) is 24.9. The number of carbonyl (C=O) groups is 2. The van der Waals surface area contributed by atoms with Gasteiger partial charge in [-0.3, -0.25) is 4.79 Å². The lowest BCUT2D eigenvalue weighted by Crippen LogP contribution is -2.65. The average molecular weight is 515 g/mol. The van der Waals surface area contributed by atoms with Crippen molar-refractivity contribution in [2.24, 2.45) is 0 Å². The molecule has 3 amide bonds. The molecular formula is C24H30F4N4O4. The van der Waals surface area contributed by atoms with Crippen molar-refractivity contribution in [3.05, 3.63) is 23.8 Å². The third kappa shape index (κ3) is 5.18. The molecule has 4 heterocycles. The summed E-state index contributed by atoms with van der Waals surface area (Å²) in [6.45, 7) is 3.40. The third-order valence-corrected chi connectivity index (χ3v) is 7.44. The summed E-state index contributed by atoms with van der Waals surface area (Å²) in [5.41, 5.74) is -2.16. The molecule has 0 radical (unpaired) electrons. The van der Waals surface area contributed by atoms with E-state index in [1.54, 1.807) is 14.7 Å². The zero-order valence-electron chi connectivity index (χ0n) is 20.0. The Hall–Kier alpha value is -2.76. The number of ether oxygens (including phenoxy) is 2. The number of likely N-dealkylation sites (tertiary alicyclic amines) is 2. The summed E-state index contributed by atoms with van der Waals surface area (Å²) >= 11 is 0. The van der Waals surface area contributed by atoms with E-state index in [-0.39, 0.29) is 74.2 Å². The highest BCUT2D eigenvalue weighted by atomic mass is 19.4. The molecular weight excluding hydrogens is 484 g/mol. The van der Waals surface area contributed by atoms with E-state index >= 15 is 0 Å². The number of morpholine rings is 1. The second-order valence-corrected chi connectivity index (χ2v) is 10.3. The molecule has 4 saturated heterocycles. The van der Waals surface area contributed by atoms with Crippen LogP contribution < -0.4 is 15.0 Å². The summed E-state index contributed by atoms with van der Waals surface area (Å²) in [6, 6.07) is 3.26. The maximum Gasteiger partial charge on any atom is 0.418 e. The molecule has 0 saturated carbocycles. The van der Waals surface area contributed by atoms with Crippen LogP contribution in [-0.2, 0) is 15.7 Å². The van der Waals surface area contributed by atoms with Crippen LogP contribution in [0.15, 0.2) is 18.2 Å². The number of rotatable bonds is 3. The fourth-order valence-electron chi connectivity index (χ4n) is 5.23. The van der Waals surface area contributed by atoms with E-state index in [1.807, 2.05) is 0 Å². The molecule has 0 aromatic heterocycles. The molecule has 198 valence electrons. The van der Waals surface area contributed by atoms with Gasteiger partial charge in [0.15, 0.2) is 0 Å². The average Bonchev–Trinajstić information content (AvgIpc) is 2.79. The van der Waals surface area contributed by atoms with Crippen LogP contribution >= 0.6 is 0 Å². The fourth-order valence-corrected chi connectivity index (χ4v) is 5.23. The molecule has 0 aliphatic carbocycles. The summed E-state index contributed by atoms with van der Waals surface area (Å²) in [4.78, 5) is 29.3. The van der Waals surface area contributed by atoms with Gasteiger partial charge >= 0.3 is 12.2 Å². The first-order valence-electron chi connectivity index (χ1n) is 12.3. The number of anilines is 1. The van der Waals surface area contributed by atoms with Gasteiger partial charge in [-0.05, 0) is 38.3 Å². The number of amides is 3. The van der Waals surface area contributed by atoms with E-state index in [0.29, 0.717) is 32.6 Å². The van der Waals surface area contributed by atoms with E-state index in [4.69, 9.17) is 9.47 Å². The second kappa shape index (κ2) is 9.28. The minimum Gasteiger partial charge on any atom is -0.487 e. The number of hydrogen-bond donors (Lipinski definition) is 1. The van der Waals surface area contributed by atoms with E-state index in [1.165, 1.54) is 19.1 Å². The molecule has 5 rings (SSSR count). The van der Waals surface area contributed by atoms with Crippen molar-refractivity contribution in [3.63, 3.8) is 0 Å². The predicted molar refractivity (Wildman–Crippen MR) is 122 cm³/mol. The maximum atomic E-state index is 14.2. The summed E-state index contributed by atoms with van der Waals surface area (Å²) < 4.78 is 66.6. The van der Waals surface area contributed by atoms with E-state index in [2.05, 4.69) is 5.32 Å². The highest BCUT2D eigenvalue weighted by Crippen LogP contribution is 2.41. The minimum atomic E-state index is -4.54. The summed E-state index contributed by atoms with van der Waals surface area (Å²) in [5, 5.41) is 2.87. The largest absolute Gasteiger partial charge is 0.487 e. The zero-order valence-corrected chi connectivity index (χ0v) is 20.0. The van der Waals surface area contributed by atoms with Gasteiger partial charge in [-0.15, -0.1) is 0 Å². The Morgan fingerprint density at radius 2 is 1.86 bits per heavy atom. The molecule has 4 aliphatic rings. The standard InChI is InChI=1S/C24H30F4N4O4/c1-23(25)5-8-30(9-6-23)19-10-15(2-3-17(19)24(26,27)28)36-16-11-32(12-16)22(34)31-7-4-20-18(13-31)29-21(33)14-35-20/h2-3,10,16,18,20H,4-9,11-14H2,1H3,(H,29,33)/t18-,20?/m1/s1. The molecule has 1 aromatic carbocycles. The van der Waals surface area contributed by atoms with Crippen LogP contribution in [-0.4, -0.2) is 91.5 Å². The lowest BCUT2D eigenvalue weighted by atomic mass is 9.94. The Kier molecular flexibility index (Phi) is 6.42. The summed E-state index contributed by atoms with van der Waals surface area (Å²) in [7, 11) is 0. The van der Waals surface area contributed by atoms with Gasteiger partial charge in [0.2, 0.25) is 5.91 Å². The van der Waals surface area contributed by atoms with Gasteiger partial charge in [0.05, 0.1) is 36.5 Å². The molecule has 4 aliphatic heterocycles. The van der Waals surface area contributed by atoms with Crippen LogP contribution in [0.3, 0.4) is 0 Å². The smallest absolute Gasteiger partial charge is 0.418 e. The van der Waals surface area contributed by atoms with Crippen LogP contribution in [0.1, 0.15) is 31.7 Å². The van der Waals surface area contributed by atoms with Crippen molar-refractivity contribution in [2.45, 2.75) is 56.3 Å². The lowest BCUT2D eigenvalue weighted by molar-refractivity contribution is -0.140. The van der Waals surface area contributed by atoms with Crippen molar-refractivity contribution >= 4 is 17.6 Å². The molecule has 1 unspecified atom stereocenters. The molecule has 1 aromatic rings. The van der Waals surface area contributed by atoms with Gasteiger partial charge < -0.3 is 29.5 Å². The molecule has 0 spiro atoms. The molecule has 2 atom stereocenters. The number of piperidine rings is 2. The van der Waals surface area contributed by atoms with Crippen molar-refractivity contribution in [1.82, 2.24) is 15.1 Å². The molecule has 36 heavy (non-hydrogen) atoms. The van der Waals surface area contributed by atoms with Crippen molar-refractivity contribution in [2.75, 3.05) is 50.8 Å². The van der Waals surface area contributed by atoms with Crippen LogP contribution in [0.2, 0.25) is 0 Å². The van der Waals surface area contributed by atoms with E-state index in [9.17, 15) is 27.2 Å². The molecule has 12 heteroatoms. The number of benzene rings is 1. The van der Waals surface area contributed by atoms with Gasteiger partial charge in [-0.25, -0.2) is 9.18 Å². The molecule has 8 nitrogen and oxygen atoms in total. The van der Waals surface area contributed by atoms with Crippen LogP contribution in [0, 0.1) is 0 Å². The minimum absolute atomic E-state index is 0.0117. The van der Waals surface area contributed by atoms with Gasteiger partial charge in [0.1, 0.15) is 24.1 Å². The Balaban J connectivity index is 1.19. The molecule has 1 N–H and O–H groups in total. The zero-order chi connectivity index (χ0) is 25.7. The Bertz CT molecular complexity index is 1000. The monoisotopic (exact) mass is 514 g/mol. The first-order chi connectivity index (χ1) is 17.0. The van der Waals surface area contributed by atoms with Crippen LogP contribution in [0.4, 0.5) is 28.0 Å². The number of halogens is 4. The summed E-state index contributed by atoms with van der Waals surface area (Å²) in [5.74, 6) is 0.0914. The number of nitrogens with one attached hydrogen (secondary N) is 1. The number of carbonyl (C=O) groups excluding carboxylic acids is 2. The topological polar surface area (TPSA) is 74.3 Å². The number of hydrogen-bond acceptors (Lipinski definition) is 5. The molecule has 0 bridgehead atoms. The SMILES string of the molecule is CC1(F)CCN(c2cc(OC3CN(C(=O)N4CCC5OCC(=O)N[C@@H]5C4)C3)ccc2C(F)(F)F)CC1. The second-order valence-electron chi connectivity index (χ2n) is 10.3. The Morgan fingerprint density at radius 1 is 1.14 bits per heavy atom. The highest BCUT2D eigenvalue weighted by Gasteiger charge is 2.41. The van der Waals surface area contributed by atoms with Crippen molar-refractivity contribution in [1.29, 1.82) is 0 Å². The van der Waals surface area contributed by atoms with Gasteiger partial charge in [0, 0.05) is 32.2 Å². The van der Waals surface area contributed by atoms with Crippen LogP contribution in [0.25, 0.3) is 0 Å². The third-order valence-electron chi connectivity index (χ3n) is 7.44. The number of fused-ring (bicyclic) bond motifs is 1. The number of nitrogens with zero attached hydrogens (tertiary/aromatic N) is 3. The van der Waals surface area contributed by atoms with E-state index < -0.39 is 17.4 Å². The first-order valence-corrected chi connectivity index (χ1v) is 12.3. The predicted octanol–water partition coefficient (Wildman–Crippen LogP) is 2.81. The van der Waals surface area contributed by atoms with Crippen molar-refractivity contribution < 1.29 is 36.6 Å². The fraction of sp³-hybridized carbons (Fsp3) is 0.667. The normalized spacial score (nSPS) is 26.7. The number of alkyl halides is 4. The quantitative estimate of drug-likeness (QED) is 0.629. The highest BCUT2D eigenvalue weighted by molar-refractivity contribution is 5.79. The number of urea groups is 1. The van der Waals surface area contributed by atoms with Crippen molar-refractivity contribution in [3.8, 4) is 5.75 Å². The lowest BCUT2D eigenvalue weighted by Gasteiger charge is -2.46. The summed E-state index contributed by atoms with van der Waals surface area (Å²) in [6.07, 6.45) is -4.03. The van der Waals surface area contributed by atoms with Gasteiger partial charge in [-0.2, -0.15) is 13.2 Å². The van der Waals surface area contributed by atoms with Crippen LogP contribution in [0.5, 0.6) is 5.75 Å². The Labute approximate surface area is 206 Å². The van der Waals surface area contributed by atoms with Gasteiger partial charge in [0.25, 0.3) is 0 Å². The van der Waals surface area contributed by atoms with Gasteiger partial charge in [-0.1, -0.05) is 0 Å². The van der Waals surface area contributed by atoms with E-state index in [0.717, 1.165) is 6.07 Å².